The second-order valence-corrected chi connectivity index (χ2v) is 8.86. The molecule has 3 fully saturated rings. The fourth-order valence-electron chi connectivity index (χ4n) is 5.08. The lowest BCUT2D eigenvalue weighted by Crippen LogP contribution is -2.61. The molecule has 1 saturated heterocycles. The number of alkyl halides is 3. The zero-order chi connectivity index (χ0) is 18.7. The first kappa shape index (κ1) is 17.8. The first-order valence-corrected chi connectivity index (χ1v) is 9.25. The van der Waals surface area contributed by atoms with Gasteiger partial charge in [0, 0.05) is 24.4 Å². The van der Waals surface area contributed by atoms with Gasteiger partial charge in [-0.15, -0.1) is 0 Å². The van der Waals surface area contributed by atoms with E-state index in [0.29, 0.717) is 12.8 Å². The van der Waals surface area contributed by atoms with E-state index in [0.717, 1.165) is 37.9 Å². The molecule has 1 amide bonds. The largest absolute Gasteiger partial charge is 0.416 e. The Morgan fingerprint density at radius 3 is 2.31 bits per heavy atom. The Balaban J connectivity index is 1.33. The minimum Gasteiger partial charge on any atom is -0.390 e. The van der Waals surface area contributed by atoms with Gasteiger partial charge >= 0.3 is 6.18 Å². The minimum absolute atomic E-state index is 0.0468. The Morgan fingerprint density at radius 1 is 1.15 bits per heavy atom. The first-order valence-electron chi connectivity index (χ1n) is 9.25. The van der Waals surface area contributed by atoms with Gasteiger partial charge in [-0.25, -0.2) is 0 Å². The molecule has 0 unspecified atom stereocenters. The van der Waals surface area contributed by atoms with Crippen LogP contribution in [0.5, 0.6) is 0 Å². The van der Waals surface area contributed by atoms with Gasteiger partial charge in [0.2, 0.25) is 5.91 Å². The van der Waals surface area contributed by atoms with E-state index in [1.165, 1.54) is 12.1 Å². The van der Waals surface area contributed by atoms with E-state index in [9.17, 15) is 23.1 Å². The highest BCUT2D eigenvalue weighted by Gasteiger charge is 2.53. The van der Waals surface area contributed by atoms with Gasteiger partial charge in [-0.3, -0.25) is 4.79 Å². The Kier molecular flexibility index (Phi) is 3.92. The predicted molar refractivity (Wildman–Crippen MR) is 90.4 cm³/mol. The van der Waals surface area contributed by atoms with Crippen LogP contribution in [0, 0.1) is 11.3 Å². The van der Waals surface area contributed by atoms with Crippen LogP contribution in [0.1, 0.15) is 56.1 Å². The fraction of sp³-hybridized carbons (Fsp3) is 0.650. The smallest absolute Gasteiger partial charge is 0.390 e. The first-order chi connectivity index (χ1) is 12.1. The molecule has 1 aromatic carbocycles. The maximum atomic E-state index is 12.7. The number of carbonyl (C=O) groups is 1. The summed E-state index contributed by atoms with van der Waals surface area (Å²) in [5, 5.41) is 9.80. The van der Waals surface area contributed by atoms with Crippen molar-refractivity contribution >= 4 is 5.91 Å². The van der Waals surface area contributed by atoms with Gasteiger partial charge in [-0.05, 0) is 62.6 Å². The van der Waals surface area contributed by atoms with E-state index in [2.05, 4.69) is 0 Å². The van der Waals surface area contributed by atoms with Crippen molar-refractivity contribution in [3.63, 3.8) is 0 Å². The molecule has 1 heterocycles. The Labute approximate surface area is 151 Å². The molecule has 1 atom stereocenters. The van der Waals surface area contributed by atoms with Crippen LogP contribution in [0.3, 0.4) is 0 Å². The highest BCUT2D eigenvalue weighted by atomic mass is 19.4. The molecule has 6 heteroatoms. The zero-order valence-corrected chi connectivity index (χ0v) is 14.9. The van der Waals surface area contributed by atoms with Gasteiger partial charge in [-0.2, -0.15) is 13.2 Å². The topological polar surface area (TPSA) is 40.5 Å². The molecule has 4 rings (SSSR count). The van der Waals surface area contributed by atoms with E-state index in [4.69, 9.17) is 0 Å². The molecule has 0 bridgehead atoms. The van der Waals surface area contributed by atoms with Crippen molar-refractivity contribution in [3.05, 3.63) is 35.4 Å². The molecule has 1 spiro atoms. The number of nitrogens with zero attached hydrogens (tertiary/aromatic N) is 1. The van der Waals surface area contributed by atoms with E-state index in [-0.39, 0.29) is 23.2 Å². The summed E-state index contributed by atoms with van der Waals surface area (Å²) in [6.45, 7) is 3.27. The van der Waals surface area contributed by atoms with E-state index < -0.39 is 17.3 Å². The number of amides is 1. The van der Waals surface area contributed by atoms with Gasteiger partial charge in [0.25, 0.3) is 0 Å². The van der Waals surface area contributed by atoms with Crippen LogP contribution < -0.4 is 0 Å². The van der Waals surface area contributed by atoms with Crippen molar-refractivity contribution < 1.29 is 23.1 Å². The quantitative estimate of drug-likeness (QED) is 0.860. The number of halogens is 3. The summed E-state index contributed by atoms with van der Waals surface area (Å²) in [4.78, 5) is 14.3. The van der Waals surface area contributed by atoms with Crippen LogP contribution in [-0.4, -0.2) is 34.6 Å². The van der Waals surface area contributed by atoms with Gasteiger partial charge in [-0.1, -0.05) is 12.1 Å². The second-order valence-electron chi connectivity index (χ2n) is 8.86. The molecule has 2 saturated carbocycles. The van der Waals surface area contributed by atoms with Crippen LogP contribution in [0.2, 0.25) is 0 Å². The lowest BCUT2D eigenvalue weighted by Gasteiger charge is -2.52. The average Bonchev–Trinajstić information content (AvgIpc) is 2.95. The number of aliphatic hydroxyl groups is 1. The minimum atomic E-state index is -4.30. The fourth-order valence-corrected chi connectivity index (χ4v) is 5.08. The maximum absolute atomic E-state index is 12.7. The van der Waals surface area contributed by atoms with Gasteiger partial charge in [0.05, 0.1) is 11.2 Å². The van der Waals surface area contributed by atoms with Crippen LogP contribution in [-0.2, 0) is 11.0 Å². The van der Waals surface area contributed by atoms with Crippen molar-refractivity contribution in [2.75, 3.05) is 13.1 Å². The summed E-state index contributed by atoms with van der Waals surface area (Å²) in [5.41, 5.74) is -0.195. The number of rotatable bonds is 2. The van der Waals surface area contributed by atoms with Gasteiger partial charge < -0.3 is 10.0 Å². The summed E-state index contributed by atoms with van der Waals surface area (Å²) in [6.07, 6.45) is -0.287. The lowest BCUT2D eigenvalue weighted by atomic mass is 9.69. The predicted octanol–water partition coefficient (Wildman–Crippen LogP) is 3.96. The highest BCUT2D eigenvalue weighted by Crippen LogP contribution is 2.53. The standard InChI is InChI=1S/C20H24F3NO2/c1-18(26)8-15(9-18)17(25)24-11-19(12-24)7-6-14(10-19)13-2-4-16(5-3-13)20(21,22)23/h2-5,14-15,26H,6-12H2,1H3/t14-,15?,18?/m1/s1. The summed E-state index contributed by atoms with van der Waals surface area (Å²) in [7, 11) is 0. The van der Waals surface area contributed by atoms with Crippen LogP contribution >= 0.6 is 0 Å². The van der Waals surface area contributed by atoms with Crippen molar-refractivity contribution in [2.24, 2.45) is 11.3 Å². The summed E-state index contributed by atoms with van der Waals surface area (Å²) in [6, 6.07) is 5.54. The van der Waals surface area contributed by atoms with E-state index in [1.807, 2.05) is 4.90 Å². The number of hydrogen-bond donors (Lipinski definition) is 1. The molecule has 1 N–H and O–H groups in total. The third-order valence-electron chi connectivity index (χ3n) is 6.50. The number of benzene rings is 1. The van der Waals surface area contributed by atoms with E-state index >= 15 is 0 Å². The summed E-state index contributed by atoms with van der Waals surface area (Å²) < 4.78 is 38.1. The highest BCUT2D eigenvalue weighted by molar-refractivity contribution is 5.81. The molecule has 26 heavy (non-hydrogen) atoms. The second kappa shape index (κ2) is 5.72. The maximum Gasteiger partial charge on any atom is 0.416 e. The molecular formula is C20H24F3NO2. The molecule has 0 radical (unpaired) electrons. The van der Waals surface area contributed by atoms with Crippen LogP contribution in [0.15, 0.2) is 24.3 Å². The van der Waals surface area contributed by atoms with Crippen LogP contribution in [0.25, 0.3) is 0 Å². The third-order valence-corrected chi connectivity index (χ3v) is 6.50. The molecule has 1 aliphatic heterocycles. The van der Waals surface area contributed by atoms with Crippen molar-refractivity contribution in [1.29, 1.82) is 0 Å². The number of carbonyl (C=O) groups excluding carboxylic acids is 1. The monoisotopic (exact) mass is 367 g/mol. The number of likely N-dealkylation sites (tertiary alicyclic amines) is 1. The van der Waals surface area contributed by atoms with Crippen LogP contribution in [0.4, 0.5) is 13.2 Å². The Morgan fingerprint density at radius 2 is 1.77 bits per heavy atom. The van der Waals surface area contributed by atoms with E-state index in [1.54, 1.807) is 19.1 Å². The lowest BCUT2D eigenvalue weighted by molar-refractivity contribution is -0.161. The summed E-state index contributed by atoms with van der Waals surface area (Å²) in [5.74, 6) is 0.383. The Hall–Kier alpha value is -1.56. The molecule has 3 aliphatic rings. The van der Waals surface area contributed by atoms with Crippen molar-refractivity contribution in [1.82, 2.24) is 4.90 Å². The molecular weight excluding hydrogens is 343 g/mol. The molecule has 2 aliphatic carbocycles. The molecule has 1 aromatic rings. The normalized spacial score (nSPS) is 33.0. The van der Waals surface area contributed by atoms with Gasteiger partial charge in [0.15, 0.2) is 0 Å². The van der Waals surface area contributed by atoms with Gasteiger partial charge in [0.1, 0.15) is 0 Å². The van der Waals surface area contributed by atoms with Crippen molar-refractivity contribution in [3.8, 4) is 0 Å². The molecule has 0 aromatic heterocycles. The summed E-state index contributed by atoms with van der Waals surface area (Å²) >= 11 is 0. The van der Waals surface area contributed by atoms with Crippen molar-refractivity contribution in [2.45, 2.75) is 56.7 Å². The SMILES string of the molecule is CC1(O)CC(C(=O)N2CC3(CC[C@@H](c4ccc(C(F)(F)F)cc4)C3)C2)C1. The zero-order valence-electron chi connectivity index (χ0n) is 14.9. The average molecular weight is 367 g/mol. The third kappa shape index (κ3) is 3.13. The molecule has 3 nitrogen and oxygen atoms in total. The molecule has 142 valence electrons. The number of hydrogen-bond acceptors (Lipinski definition) is 2. The Bertz CT molecular complexity index is 697.